The van der Waals surface area contributed by atoms with Gasteiger partial charge in [0.05, 0.1) is 5.02 Å². The molecule has 1 aromatic heterocycles. The quantitative estimate of drug-likeness (QED) is 0.826. The maximum absolute atomic E-state index is 5.97. The number of halogens is 1. The molecule has 0 saturated carbocycles. The Labute approximate surface area is 85.9 Å². The van der Waals surface area contributed by atoms with Crippen LogP contribution in [0.25, 0.3) is 11.4 Å². The number of aromatic nitrogens is 2. The van der Waals surface area contributed by atoms with Crippen LogP contribution in [0.2, 0.25) is 5.02 Å². The van der Waals surface area contributed by atoms with Gasteiger partial charge in [0.25, 0.3) is 0 Å². The molecule has 0 fully saturated rings. The van der Waals surface area contributed by atoms with Crippen LogP contribution in [0.3, 0.4) is 0 Å². The molecule has 1 heterocycles. The molecule has 0 aliphatic carbocycles. The maximum atomic E-state index is 5.97. The fraction of sp³-hybridized carbons (Fsp3) is 0.111. The molecule has 72 valence electrons. The normalized spacial score (nSPS) is 10.1. The smallest absolute Gasteiger partial charge is 0.321 e. The van der Waals surface area contributed by atoms with Gasteiger partial charge >= 0.3 is 6.01 Å². The maximum Gasteiger partial charge on any atom is 0.321 e. The predicted molar refractivity (Wildman–Crippen MR) is 54.3 cm³/mol. The summed E-state index contributed by atoms with van der Waals surface area (Å²) in [5.74, 6) is 0.486. The van der Waals surface area contributed by atoms with Crippen molar-refractivity contribution in [3.8, 4) is 11.4 Å². The summed E-state index contributed by atoms with van der Waals surface area (Å²) in [6.45, 7) is 0. The van der Waals surface area contributed by atoms with Crippen molar-refractivity contribution in [2.24, 2.45) is 0 Å². The Morgan fingerprint density at radius 2 is 2.14 bits per heavy atom. The van der Waals surface area contributed by atoms with Gasteiger partial charge in [-0.25, -0.2) is 0 Å². The Kier molecular flexibility index (Phi) is 2.37. The summed E-state index contributed by atoms with van der Waals surface area (Å²) in [5.41, 5.74) is 0.763. The molecule has 1 aromatic carbocycles. The topological polar surface area (TPSA) is 51.0 Å². The summed E-state index contributed by atoms with van der Waals surface area (Å²) in [4.78, 5) is 4.09. The molecule has 14 heavy (non-hydrogen) atoms. The lowest BCUT2D eigenvalue weighted by Crippen LogP contribution is -1.87. The van der Waals surface area contributed by atoms with Crippen LogP contribution in [0.1, 0.15) is 0 Å². The molecule has 0 bridgehead atoms. The van der Waals surface area contributed by atoms with Crippen LogP contribution in [0.4, 0.5) is 6.01 Å². The number of rotatable bonds is 2. The zero-order valence-electron chi connectivity index (χ0n) is 7.49. The highest BCUT2D eigenvalue weighted by atomic mass is 35.5. The lowest BCUT2D eigenvalue weighted by atomic mass is 10.2. The van der Waals surface area contributed by atoms with Gasteiger partial charge < -0.3 is 9.84 Å². The van der Waals surface area contributed by atoms with E-state index in [0.29, 0.717) is 16.9 Å². The fourth-order valence-electron chi connectivity index (χ4n) is 1.08. The summed E-state index contributed by atoms with van der Waals surface area (Å²) in [5, 5.41) is 7.15. The van der Waals surface area contributed by atoms with Gasteiger partial charge in [0.15, 0.2) is 0 Å². The van der Waals surface area contributed by atoms with Crippen molar-refractivity contribution in [1.29, 1.82) is 0 Å². The summed E-state index contributed by atoms with van der Waals surface area (Å²) in [6.07, 6.45) is 0. The van der Waals surface area contributed by atoms with Crippen LogP contribution in [-0.2, 0) is 0 Å². The minimum atomic E-state index is 0.375. The second kappa shape index (κ2) is 3.67. The third-order valence-electron chi connectivity index (χ3n) is 1.75. The summed E-state index contributed by atoms with van der Waals surface area (Å²) in [6, 6.07) is 7.72. The number of hydrogen-bond acceptors (Lipinski definition) is 4. The molecule has 0 aliphatic rings. The molecule has 5 heteroatoms. The first-order valence-electron chi connectivity index (χ1n) is 4.07. The van der Waals surface area contributed by atoms with Crippen LogP contribution in [0, 0.1) is 0 Å². The Balaban J connectivity index is 2.44. The number of hydrogen-bond donors (Lipinski definition) is 1. The Morgan fingerprint density at radius 1 is 1.36 bits per heavy atom. The van der Waals surface area contributed by atoms with E-state index >= 15 is 0 Å². The van der Waals surface area contributed by atoms with E-state index in [4.69, 9.17) is 16.1 Å². The summed E-state index contributed by atoms with van der Waals surface area (Å²) < 4.78 is 4.89. The van der Waals surface area contributed by atoms with E-state index < -0.39 is 0 Å². The van der Waals surface area contributed by atoms with Gasteiger partial charge in [-0.1, -0.05) is 28.9 Å². The van der Waals surface area contributed by atoms with E-state index in [2.05, 4.69) is 15.5 Å². The van der Waals surface area contributed by atoms with Crippen LogP contribution < -0.4 is 5.32 Å². The lowest BCUT2D eigenvalue weighted by Gasteiger charge is -1.95. The van der Waals surface area contributed by atoms with Crippen molar-refractivity contribution in [3.05, 3.63) is 29.3 Å². The Morgan fingerprint density at radius 3 is 2.79 bits per heavy atom. The molecule has 0 atom stereocenters. The van der Waals surface area contributed by atoms with E-state index in [1.165, 1.54) is 0 Å². The molecule has 2 rings (SSSR count). The zero-order valence-corrected chi connectivity index (χ0v) is 8.25. The molecule has 0 amide bonds. The molecule has 1 N–H and O–H groups in total. The largest absolute Gasteiger partial charge is 0.341 e. The Bertz CT molecular complexity index is 441. The third kappa shape index (κ3) is 1.56. The van der Waals surface area contributed by atoms with Crippen molar-refractivity contribution >= 4 is 17.6 Å². The number of nitrogens with zero attached hydrogens (tertiary/aromatic N) is 2. The van der Waals surface area contributed by atoms with Gasteiger partial charge in [-0.3, -0.25) is 0 Å². The summed E-state index contributed by atoms with van der Waals surface area (Å²) >= 11 is 5.97. The van der Waals surface area contributed by atoms with Gasteiger partial charge in [-0.05, 0) is 12.1 Å². The van der Waals surface area contributed by atoms with Crippen LogP contribution >= 0.6 is 11.6 Å². The first-order chi connectivity index (χ1) is 6.81. The van der Waals surface area contributed by atoms with Crippen LogP contribution in [-0.4, -0.2) is 17.2 Å². The number of nitrogens with one attached hydrogen (secondary N) is 1. The lowest BCUT2D eigenvalue weighted by molar-refractivity contribution is 0.434. The minimum Gasteiger partial charge on any atom is -0.341 e. The summed E-state index contributed by atoms with van der Waals surface area (Å²) in [7, 11) is 1.71. The second-order valence-corrected chi connectivity index (χ2v) is 3.06. The van der Waals surface area contributed by atoms with Crippen molar-refractivity contribution in [2.75, 3.05) is 12.4 Å². The van der Waals surface area contributed by atoms with Crippen molar-refractivity contribution in [1.82, 2.24) is 10.1 Å². The monoisotopic (exact) mass is 209 g/mol. The highest BCUT2D eigenvalue weighted by molar-refractivity contribution is 6.33. The third-order valence-corrected chi connectivity index (χ3v) is 2.08. The molecule has 4 nitrogen and oxygen atoms in total. The van der Waals surface area contributed by atoms with E-state index in [0.717, 1.165) is 5.56 Å². The zero-order chi connectivity index (χ0) is 9.97. The highest BCUT2D eigenvalue weighted by Crippen LogP contribution is 2.25. The van der Waals surface area contributed by atoms with Crippen molar-refractivity contribution < 1.29 is 4.52 Å². The average Bonchev–Trinajstić information content (AvgIpc) is 2.67. The predicted octanol–water partition coefficient (Wildman–Crippen LogP) is 2.43. The van der Waals surface area contributed by atoms with Crippen molar-refractivity contribution in [2.45, 2.75) is 0 Å². The standard InChI is InChI=1S/C9H8ClN3O/c1-11-9-12-8(13-14-9)6-4-2-3-5-7(6)10/h2-5H,1H3,(H,11,12,13). The van der Waals surface area contributed by atoms with Crippen molar-refractivity contribution in [3.63, 3.8) is 0 Å². The first-order valence-corrected chi connectivity index (χ1v) is 4.45. The molecule has 0 spiro atoms. The van der Waals surface area contributed by atoms with E-state index in [9.17, 15) is 0 Å². The SMILES string of the molecule is CNc1nc(-c2ccccc2Cl)no1. The van der Waals surface area contributed by atoms with Crippen LogP contribution in [0.5, 0.6) is 0 Å². The minimum absolute atomic E-state index is 0.375. The molecule has 0 radical (unpaired) electrons. The molecule has 2 aromatic rings. The highest BCUT2D eigenvalue weighted by Gasteiger charge is 2.09. The average molecular weight is 210 g/mol. The van der Waals surface area contributed by atoms with Gasteiger partial charge in [0, 0.05) is 12.6 Å². The Hall–Kier alpha value is -1.55. The van der Waals surface area contributed by atoms with Gasteiger partial charge in [-0.15, -0.1) is 0 Å². The first kappa shape index (κ1) is 9.02. The molecular weight excluding hydrogens is 202 g/mol. The van der Waals surface area contributed by atoms with E-state index in [1.807, 2.05) is 18.2 Å². The van der Waals surface area contributed by atoms with Gasteiger partial charge in [0.1, 0.15) is 0 Å². The van der Waals surface area contributed by atoms with E-state index in [-0.39, 0.29) is 0 Å². The number of anilines is 1. The molecule has 0 aliphatic heterocycles. The fourth-order valence-corrected chi connectivity index (χ4v) is 1.30. The van der Waals surface area contributed by atoms with Gasteiger partial charge in [0.2, 0.25) is 5.82 Å². The molecular formula is C9H8ClN3O. The second-order valence-electron chi connectivity index (χ2n) is 2.65. The molecule has 0 unspecified atom stereocenters. The molecule has 0 saturated heterocycles. The van der Waals surface area contributed by atoms with E-state index in [1.54, 1.807) is 13.1 Å². The number of benzene rings is 1. The van der Waals surface area contributed by atoms with Crippen LogP contribution in [0.15, 0.2) is 28.8 Å². The van der Waals surface area contributed by atoms with Gasteiger partial charge in [-0.2, -0.15) is 4.98 Å².